The molecule has 1 nitrogen and oxygen atoms in total. The van der Waals surface area contributed by atoms with Crippen LogP contribution in [0.4, 0.5) is 8.78 Å². The van der Waals surface area contributed by atoms with E-state index in [0.717, 1.165) is 19.0 Å². The van der Waals surface area contributed by atoms with Crippen LogP contribution < -0.4 is 5.32 Å². The maximum absolute atomic E-state index is 13.8. The molecule has 0 aliphatic carbocycles. The maximum Gasteiger partial charge on any atom is 0.165 e. The summed E-state index contributed by atoms with van der Waals surface area (Å²) in [6.07, 6.45) is 0.928. The van der Waals surface area contributed by atoms with E-state index in [-0.39, 0.29) is 22.5 Å². The molecule has 0 saturated carbocycles. The topological polar surface area (TPSA) is 12.0 Å². The molecular formula is C13H18ClF2N. The zero-order valence-corrected chi connectivity index (χ0v) is 11.1. The Morgan fingerprint density at radius 2 is 1.94 bits per heavy atom. The van der Waals surface area contributed by atoms with Gasteiger partial charge in [0, 0.05) is 16.6 Å². The van der Waals surface area contributed by atoms with Crippen molar-refractivity contribution in [2.45, 2.75) is 33.2 Å². The van der Waals surface area contributed by atoms with E-state index in [1.807, 2.05) is 20.8 Å². The van der Waals surface area contributed by atoms with E-state index in [4.69, 9.17) is 11.6 Å². The van der Waals surface area contributed by atoms with Gasteiger partial charge in [-0.05, 0) is 31.0 Å². The highest BCUT2D eigenvalue weighted by Gasteiger charge is 2.23. The summed E-state index contributed by atoms with van der Waals surface area (Å²) < 4.78 is 27.0. The average molecular weight is 262 g/mol. The largest absolute Gasteiger partial charge is 0.310 e. The first-order valence-corrected chi connectivity index (χ1v) is 6.23. The van der Waals surface area contributed by atoms with Gasteiger partial charge in [-0.25, -0.2) is 8.78 Å². The average Bonchev–Trinajstić information content (AvgIpc) is 2.28. The number of halogens is 3. The van der Waals surface area contributed by atoms with E-state index in [9.17, 15) is 8.78 Å². The van der Waals surface area contributed by atoms with Crippen molar-refractivity contribution in [3.05, 3.63) is 34.4 Å². The first kappa shape index (κ1) is 14.4. The fraction of sp³-hybridized carbons (Fsp3) is 0.538. The highest BCUT2D eigenvalue weighted by atomic mass is 35.5. The molecule has 0 saturated heterocycles. The zero-order chi connectivity index (χ0) is 13.0. The lowest BCUT2D eigenvalue weighted by atomic mass is 9.95. The first-order valence-electron chi connectivity index (χ1n) is 5.85. The van der Waals surface area contributed by atoms with E-state index >= 15 is 0 Å². The molecule has 1 N–H and O–H groups in total. The molecule has 0 amide bonds. The van der Waals surface area contributed by atoms with Gasteiger partial charge in [0.05, 0.1) is 0 Å². The quantitative estimate of drug-likeness (QED) is 0.779. The number of benzene rings is 1. The summed E-state index contributed by atoms with van der Waals surface area (Å²) in [6.45, 7) is 6.67. The normalized spacial score (nSPS) is 13.1. The minimum absolute atomic E-state index is 0.135. The van der Waals surface area contributed by atoms with Gasteiger partial charge in [-0.15, -0.1) is 0 Å². The fourth-order valence-electron chi connectivity index (χ4n) is 1.80. The number of rotatable bonds is 5. The monoisotopic (exact) mass is 261 g/mol. The predicted octanol–water partition coefficient (Wildman–Crippen LogP) is 4.31. The van der Waals surface area contributed by atoms with Gasteiger partial charge in [0.15, 0.2) is 11.6 Å². The third-order valence-corrected chi connectivity index (χ3v) is 3.00. The van der Waals surface area contributed by atoms with E-state index in [0.29, 0.717) is 0 Å². The summed E-state index contributed by atoms with van der Waals surface area (Å²) >= 11 is 5.97. The Balaban J connectivity index is 3.13. The van der Waals surface area contributed by atoms with Crippen molar-refractivity contribution in [3.8, 4) is 0 Å². The van der Waals surface area contributed by atoms with Gasteiger partial charge in [0.2, 0.25) is 0 Å². The van der Waals surface area contributed by atoms with Crippen LogP contribution in [0.1, 0.15) is 38.8 Å². The molecule has 0 aromatic heterocycles. The van der Waals surface area contributed by atoms with Gasteiger partial charge in [-0.2, -0.15) is 0 Å². The van der Waals surface area contributed by atoms with Crippen molar-refractivity contribution in [1.82, 2.24) is 5.32 Å². The Morgan fingerprint density at radius 1 is 1.29 bits per heavy atom. The standard InChI is InChI=1S/C13H18ClF2N/c1-4-7-17-13(8(2)3)11-9(14)5-6-10(15)12(11)16/h5-6,8,13,17H,4,7H2,1-3H3. The lowest BCUT2D eigenvalue weighted by Gasteiger charge is -2.24. The van der Waals surface area contributed by atoms with Crippen molar-refractivity contribution >= 4 is 11.6 Å². The van der Waals surface area contributed by atoms with E-state index in [1.54, 1.807) is 0 Å². The number of nitrogens with one attached hydrogen (secondary N) is 1. The van der Waals surface area contributed by atoms with Crippen LogP contribution in [-0.4, -0.2) is 6.54 Å². The summed E-state index contributed by atoms with van der Waals surface area (Å²) in [6, 6.07) is 2.19. The molecule has 1 atom stereocenters. The molecule has 0 radical (unpaired) electrons. The van der Waals surface area contributed by atoms with E-state index in [2.05, 4.69) is 5.32 Å². The van der Waals surface area contributed by atoms with Gasteiger partial charge < -0.3 is 5.32 Å². The summed E-state index contributed by atoms with van der Waals surface area (Å²) in [4.78, 5) is 0. The van der Waals surface area contributed by atoms with E-state index in [1.165, 1.54) is 6.07 Å². The molecule has 0 spiro atoms. The number of hydrogen-bond acceptors (Lipinski definition) is 1. The summed E-state index contributed by atoms with van der Waals surface area (Å²) in [7, 11) is 0. The van der Waals surface area contributed by atoms with Crippen LogP contribution in [0.5, 0.6) is 0 Å². The molecule has 0 aliphatic rings. The highest BCUT2D eigenvalue weighted by Crippen LogP contribution is 2.31. The lowest BCUT2D eigenvalue weighted by molar-refractivity contribution is 0.388. The molecule has 1 unspecified atom stereocenters. The maximum atomic E-state index is 13.8. The molecule has 96 valence electrons. The van der Waals surface area contributed by atoms with Crippen molar-refractivity contribution < 1.29 is 8.78 Å². The summed E-state index contributed by atoms with van der Waals surface area (Å²) in [5.74, 6) is -1.57. The van der Waals surface area contributed by atoms with Crippen molar-refractivity contribution in [2.75, 3.05) is 6.54 Å². The lowest BCUT2D eigenvalue weighted by Crippen LogP contribution is -2.28. The molecule has 0 aliphatic heterocycles. The molecular weight excluding hydrogens is 244 g/mol. The molecule has 0 heterocycles. The minimum Gasteiger partial charge on any atom is -0.310 e. The van der Waals surface area contributed by atoms with E-state index < -0.39 is 11.6 Å². The SMILES string of the molecule is CCCNC(c1c(Cl)ccc(F)c1F)C(C)C. The second-order valence-electron chi connectivity index (χ2n) is 4.43. The molecule has 0 fully saturated rings. The third kappa shape index (κ3) is 3.39. The molecule has 17 heavy (non-hydrogen) atoms. The number of hydrogen-bond donors (Lipinski definition) is 1. The fourth-order valence-corrected chi connectivity index (χ4v) is 2.06. The first-order chi connectivity index (χ1) is 7.99. The van der Waals surface area contributed by atoms with Gasteiger partial charge >= 0.3 is 0 Å². The highest BCUT2D eigenvalue weighted by molar-refractivity contribution is 6.31. The van der Waals surface area contributed by atoms with Gasteiger partial charge in [-0.3, -0.25) is 0 Å². The van der Waals surface area contributed by atoms with Crippen LogP contribution >= 0.6 is 11.6 Å². The zero-order valence-electron chi connectivity index (χ0n) is 10.4. The Morgan fingerprint density at radius 3 is 2.47 bits per heavy atom. The van der Waals surface area contributed by atoms with Crippen LogP contribution in [0.2, 0.25) is 5.02 Å². The van der Waals surface area contributed by atoms with Crippen LogP contribution in [0, 0.1) is 17.6 Å². The van der Waals surface area contributed by atoms with Crippen LogP contribution in [0.25, 0.3) is 0 Å². The summed E-state index contributed by atoms with van der Waals surface area (Å²) in [5.41, 5.74) is 0.232. The molecule has 0 bridgehead atoms. The summed E-state index contributed by atoms with van der Waals surface area (Å²) in [5, 5.41) is 3.47. The second-order valence-corrected chi connectivity index (χ2v) is 4.84. The van der Waals surface area contributed by atoms with Crippen LogP contribution in [0.3, 0.4) is 0 Å². The predicted molar refractivity (Wildman–Crippen MR) is 67.2 cm³/mol. The van der Waals surface area contributed by atoms with Crippen LogP contribution in [0.15, 0.2) is 12.1 Å². The smallest absolute Gasteiger partial charge is 0.165 e. The molecule has 1 rings (SSSR count). The van der Waals surface area contributed by atoms with Crippen LogP contribution in [-0.2, 0) is 0 Å². The van der Waals surface area contributed by atoms with Gasteiger partial charge in [-0.1, -0.05) is 32.4 Å². The van der Waals surface area contributed by atoms with Gasteiger partial charge in [0.25, 0.3) is 0 Å². The Labute approximate surface area is 106 Å². The minimum atomic E-state index is -0.853. The van der Waals surface area contributed by atoms with Crippen molar-refractivity contribution in [2.24, 2.45) is 5.92 Å². The second kappa shape index (κ2) is 6.31. The van der Waals surface area contributed by atoms with Crippen molar-refractivity contribution in [3.63, 3.8) is 0 Å². The molecule has 4 heteroatoms. The Bertz CT molecular complexity index is 380. The molecule has 1 aromatic carbocycles. The Hall–Kier alpha value is -0.670. The Kier molecular flexibility index (Phi) is 5.34. The third-order valence-electron chi connectivity index (χ3n) is 2.67. The van der Waals surface area contributed by atoms with Gasteiger partial charge in [0.1, 0.15) is 0 Å². The van der Waals surface area contributed by atoms with Crippen molar-refractivity contribution in [1.29, 1.82) is 0 Å². The molecule has 1 aromatic rings.